The first-order valence-corrected chi connectivity index (χ1v) is 18.2. The Morgan fingerprint density at radius 2 is 1.05 bits per heavy atom. The van der Waals surface area contributed by atoms with Crippen LogP contribution in [0.5, 0.6) is 0 Å². The first-order valence-electron chi connectivity index (χ1n) is 15.5. The number of carbonyl (C=O) groups is 2. The molecule has 0 spiro atoms. The molecule has 0 saturated carbocycles. The van der Waals surface area contributed by atoms with Gasteiger partial charge in [-0.05, 0) is 55.3 Å². The van der Waals surface area contributed by atoms with Gasteiger partial charge in [0.15, 0.2) is 0 Å². The number of hydrogen-bond donors (Lipinski definition) is 0. The van der Waals surface area contributed by atoms with Crippen LogP contribution >= 0.6 is 16.1 Å². The predicted molar refractivity (Wildman–Crippen MR) is 187 cm³/mol. The summed E-state index contributed by atoms with van der Waals surface area (Å²) < 4.78 is 16.6. The average Bonchev–Trinajstić information content (AvgIpc) is 3.24. The lowest BCUT2D eigenvalue weighted by Gasteiger charge is -2.44. The van der Waals surface area contributed by atoms with Gasteiger partial charge < -0.3 is 18.8 Å². The fourth-order valence-electron chi connectivity index (χ4n) is 5.59. The summed E-state index contributed by atoms with van der Waals surface area (Å²) >= 11 is 0. The summed E-state index contributed by atoms with van der Waals surface area (Å²) in [4.78, 5) is 29.0. The lowest BCUT2D eigenvalue weighted by Crippen LogP contribution is -2.48. The highest BCUT2D eigenvalue weighted by Crippen LogP contribution is 2.66. The van der Waals surface area contributed by atoms with Crippen LogP contribution < -0.4 is 19.9 Å². The van der Waals surface area contributed by atoms with Crippen LogP contribution in [0, 0.1) is 10.8 Å². The van der Waals surface area contributed by atoms with E-state index in [-0.39, 0.29) is 36.0 Å². The van der Waals surface area contributed by atoms with Crippen LogP contribution in [0.1, 0.15) is 55.4 Å². The monoisotopic (exact) mass is 634 g/mol. The predicted octanol–water partition coefficient (Wildman–Crippen LogP) is 7.71. The Labute approximate surface area is 266 Å². The summed E-state index contributed by atoms with van der Waals surface area (Å²) in [6.45, 7) is 18.9. The van der Waals surface area contributed by atoms with Crippen molar-refractivity contribution in [2.24, 2.45) is 10.8 Å². The van der Waals surface area contributed by atoms with Crippen molar-refractivity contribution in [2.75, 3.05) is 35.6 Å². The molecule has 236 valence electrons. The molecule has 3 aromatic rings. The fourth-order valence-corrected chi connectivity index (χ4v) is 12.4. The SMILES string of the molecule is CCOC(=O)[C@@H]([C@H](C(=O)OCC)P1N(CC(C)(C)C)c2ccccc2N1CC(C)(C)C)P(c1ccccc1)c1ccccc1. The van der Waals surface area contributed by atoms with Crippen LogP contribution in [-0.2, 0) is 19.1 Å². The second kappa shape index (κ2) is 14.4. The van der Waals surface area contributed by atoms with E-state index in [1.54, 1.807) is 0 Å². The quantitative estimate of drug-likeness (QED) is 0.159. The molecule has 0 fully saturated rings. The number of rotatable bonds is 11. The molecule has 0 amide bonds. The Morgan fingerprint density at radius 3 is 1.43 bits per heavy atom. The van der Waals surface area contributed by atoms with Gasteiger partial charge in [-0.25, -0.2) is 0 Å². The highest BCUT2D eigenvalue weighted by atomic mass is 31.1. The molecule has 0 aromatic heterocycles. The van der Waals surface area contributed by atoms with Gasteiger partial charge in [-0.15, -0.1) is 0 Å². The molecular weight excluding hydrogens is 586 g/mol. The van der Waals surface area contributed by atoms with E-state index in [0.717, 1.165) is 35.1 Å². The van der Waals surface area contributed by atoms with Gasteiger partial charge in [-0.3, -0.25) is 9.59 Å². The summed E-state index contributed by atoms with van der Waals surface area (Å²) in [6, 6.07) is 28.7. The van der Waals surface area contributed by atoms with Gasteiger partial charge in [0.05, 0.1) is 24.6 Å². The molecule has 4 rings (SSSR count). The second-order valence-corrected chi connectivity index (χ2v) is 18.0. The van der Waals surface area contributed by atoms with Gasteiger partial charge in [-0.1, -0.05) is 114 Å². The Balaban J connectivity index is 2.04. The van der Waals surface area contributed by atoms with E-state index in [0.29, 0.717) is 0 Å². The minimum absolute atomic E-state index is 0.0757. The molecule has 1 heterocycles. The highest BCUT2D eigenvalue weighted by Gasteiger charge is 2.54. The fraction of sp³-hybridized carbons (Fsp3) is 0.444. The summed E-state index contributed by atoms with van der Waals surface area (Å²) in [5.41, 5.74) is 0.505. The van der Waals surface area contributed by atoms with Gasteiger partial charge in [0, 0.05) is 13.1 Å². The van der Waals surface area contributed by atoms with Crippen LogP contribution in [0.15, 0.2) is 84.9 Å². The van der Waals surface area contributed by atoms with Crippen molar-refractivity contribution in [3.05, 3.63) is 84.9 Å². The largest absolute Gasteiger partial charge is 0.465 e. The van der Waals surface area contributed by atoms with Crippen LogP contribution in [0.2, 0.25) is 0 Å². The number of nitrogens with zero attached hydrogens (tertiary/aromatic N) is 2. The second-order valence-electron chi connectivity index (χ2n) is 13.5. The topological polar surface area (TPSA) is 59.1 Å². The highest BCUT2D eigenvalue weighted by molar-refractivity contribution is 7.76. The summed E-state index contributed by atoms with van der Waals surface area (Å²) in [6.07, 6.45) is 0. The van der Waals surface area contributed by atoms with Crippen molar-refractivity contribution in [1.82, 2.24) is 0 Å². The third-order valence-corrected chi connectivity index (χ3v) is 12.9. The molecule has 2 atom stereocenters. The number of benzene rings is 3. The van der Waals surface area contributed by atoms with Crippen molar-refractivity contribution in [1.29, 1.82) is 0 Å². The number of anilines is 2. The van der Waals surface area contributed by atoms with Crippen LogP contribution in [0.3, 0.4) is 0 Å². The van der Waals surface area contributed by atoms with E-state index in [1.807, 2.05) is 50.2 Å². The van der Waals surface area contributed by atoms with E-state index in [2.05, 4.69) is 99.4 Å². The van der Waals surface area contributed by atoms with Crippen molar-refractivity contribution in [2.45, 2.75) is 66.7 Å². The molecule has 1 aliphatic heterocycles. The molecule has 44 heavy (non-hydrogen) atoms. The number of ether oxygens (including phenoxy) is 2. The molecule has 0 bridgehead atoms. The average molecular weight is 635 g/mol. The van der Waals surface area contributed by atoms with Gasteiger partial charge in [-0.2, -0.15) is 0 Å². The lowest BCUT2D eigenvalue weighted by atomic mass is 9.96. The zero-order valence-electron chi connectivity index (χ0n) is 27.5. The number of hydrogen-bond acceptors (Lipinski definition) is 6. The zero-order valence-corrected chi connectivity index (χ0v) is 29.3. The Morgan fingerprint density at radius 1 is 0.659 bits per heavy atom. The zero-order chi connectivity index (χ0) is 32.1. The van der Waals surface area contributed by atoms with E-state index < -0.39 is 27.5 Å². The normalized spacial score (nSPS) is 15.2. The van der Waals surface area contributed by atoms with Crippen molar-refractivity contribution in [3.63, 3.8) is 0 Å². The third kappa shape index (κ3) is 8.01. The Kier molecular flexibility index (Phi) is 11.1. The van der Waals surface area contributed by atoms with Gasteiger partial charge in [0.1, 0.15) is 19.5 Å². The van der Waals surface area contributed by atoms with Crippen LogP contribution in [0.4, 0.5) is 11.4 Å². The van der Waals surface area contributed by atoms with Gasteiger partial charge in [0.2, 0.25) is 0 Å². The molecule has 0 aliphatic carbocycles. The lowest BCUT2D eigenvalue weighted by molar-refractivity contribution is -0.148. The van der Waals surface area contributed by atoms with Crippen LogP contribution in [-0.4, -0.2) is 49.6 Å². The molecule has 6 nitrogen and oxygen atoms in total. The third-order valence-electron chi connectivity index (χ3n) is 7.13. The molecule has 0 saturated heterocycles. The van der Waals surface area contributed by atoms with E-state index >= 15 is 0 Å². The van der Waals surface area contributed by atoms with Crippen molar-refractivity contribution >= 4 is 50.1 Å². The maximum Gasteiger partial charge on any atom is 0.318 e. The molecule has 3 aromatic carbocycles. The summed E-state index contributed by atoms with van der Waals surface area (Å²) in [5.74, 6) is -0.698. The minimum atomic E-state index is -1.43. The number of esters is 2. The first kappa shape index (κ1) is 33.9. The van der Waals surface area contributed by atoms with Gasteiger partial charge >= 0.3 is 11.9 Å². The molecule has 0 radical (unpaired) electrons. The maximum absolute atomic E-state index is 14.6. The smallest absolute Gasteiger partial charge is 0.318 e. The van der Waals surface area contributed by atoms with Crippen molar-refractivity contribution < 1.29 is 19.1 Å². The van der Waals surface area contributed by atoms with Gasteiger partial charge in [0.25, 0.3) is 0 Å². The summed E-state index contributed by atoms with van der Waals surface area (Å²) in [5, 5.41) is 2.05. The summed E-state index contributed by atoms with van der Waals surface area (Å²) in [7, 11) is -2.79. The molecule has 1 aliphatic rings. The molecule has 8 heteroatoms. The van der Waals surface area contributed by atoms with E-state index in [1.165, 1.54) is 0 Å². The van der Waals surface area contributed by atoms with Crippen LogP contribution in [0.25, 0.3) is 0 Å². The Hall–Kier alpha value is -2.94. The number of fused-ring (bicyclic) bond motifs is 1. The first-order chi connectivity index (χ1) is 20.9. The van der Waals surface area contributed by atoms with E-state index in [4.69, 9.17) is 9.47 Å². The minimum Gasteiger partial charge on any atom is -0.465 e. The molecule has 0 unspecified atom stereocenters. The van der Waals surface area contributed by atoms with Crippen molar-refractivity contribution in [3.8, 4) is 0 Å². The standard InChI is InChI=1S/C36H48N2O4P2/c1-9-41-33(39)31(43(27-19-13-11-14-20-27)28-21-15-12-16-22-28)32(34(40)42-10-2)44-37(25-35(3,4)5)29-23-17-18-24-30(29)38(44)26-36(6,7)8/h11-24,31-32H,9-10,25-26H2,1-8H3/t31-,32-/m1/s1. The molecule has 0 N–H and O–H groups in total. The number of carbonyl (C=O) groups excluding carboxylic acids is 2. The maximum atomic E-state index is 14.6. The van der Waals surface area contributed by atoms with E-state index in [9.17, 15) is 9.59 Å². The number of para-hydroxylation sites is 2. The molecular formula is C36H48N2O4P2. The Bertz CT molecular complexity index is 1310.